The summed E-state index contributed by atoms with van der Waals surface area (Å²) in [6, 6.07) is 4.77. The summed E-state index contributed by atoms with van der Waals surface area (Å²) in [7, 11) is 0. The van der Waals surface area contributed by atoms with Crippen LogP contribution in [0.2, 0.25) is 0 Å². The summed E-state index contributed by atoms with van der Waals surface area (Å²) in [6.45, 7) is 0. The average molecular weight is 193 g/mol. The molecule has 1 aromatic rings. The van der Waals surface area contributed by atoms with Gasteiger partial charge in [0.05, 0.1) is 5.38 Å². The summed E-state index contributed by atoms with van der Waals surface area (Å²) in [5.74, 6) is 0. The molecule has 0 aromatic heterocycles. The van der Waals surface area contributed by atoms with Gasteiger partial charge in [0.1, 0.15) is 0 Å². The molecule has 0 heterocycles. The largest absolute Gasteiger partial charge is 0.118 e. The normalized spacial score (nSPS) is 24.5. The maximum absolute atomic E-state index is 6.24. The van der Waals surface area contributed by atoms with Crippen LogP contribution in [-0.4, -0.2) is 0 Å². The number of rotatable bonds is 0. The average Bonchev–Trinajstić information content (AvgIpc) is 2.70. The molecule has 0 N–H and O–H groups in total. The monoisotopic (exact) mass is 192 g/mol. The molecule has 0 radical (unpaired) electrons. The quantitative estimate of drug-likeness (QED) is 0.553. The minimum atomic E-state index is 0.292. The molecule has 1 atom stereocenters. The molecule has 0 fully saturated rings. The number of alkyl halides is 1. The van der Waals surface area contributed by atoms with Gasteiger partial charge in [-0.1, -0.05) is 12.1 Å². The van der Waals surface area contributed by atoms with Gasteiger partial charge in [-0.25, -0.2) is 0 Å². The standard InChI is InChI=1S/C12H13Cl/c13-12-5-4-10-6-8-2-1-3-9(8)7-11(10)12/h6-7,12H,1-5H2. The number of benzene rings is 1. The van der Waals surface area contributed by atoms with Crippen LogP contribution in [0.25, 0.3) is 0 Å². The second-order valence-electron chi connectivity index (χ2n) is 4.18. The molecule has 13 heavy (non-hydrogen) atoms. The Morgan fingerprint density at radius 1 is 1.00 bits per heavy atom. The van der Waals surface area contributed by atoms with E-state index in [1.54, 1.807) is 11.1 Å². The van der Waals surface area contributed by atoms with Crippen molar-refractivity contribution in [2.24, 2.45) is 0 Å². The smallest absolute Gasteiger partial charge is 0.0591 e. The first-order chi connectivity index (χ1) is 6.34. The molecule has 0 saturated carbocycles. The topological polar surface area (TPSA) is 0 Å². The van der Waals surface area contributed by atoms with Crippen LogP contribution in [-0.2, 0) is 19.3 Å². The van der Waals surface area contributed by atoms with Gasteiger partial charge in [0, 0.05) is 0 Å². The van der Waals surface area contributed by atoms with Crippen molar-refractivity contribution in [2.75, 3.05) is 0 Å². The van der Waals surface area contributed by atoms with Crippen LogP contribution in [0.3, 0.4) is 0 Å². The van der Waals surface area contributed by atoms with Gasteiger partial charge in [0.2, 0.25) is 0 Å². The number of hydrogen-bond acceptors (Lipinski definition) is 0. The number of fused-ring (bicyclic) bond motifs is 2. The van der Waals surface area contributed by atoms with E-state index in [0.29, 0.717) is 5.38 Å². The molecule has 0 saturated heterocycles. The van der Waals surface area contributed by atoms with E-state index in [1.807, 2.05) is 0 Å². The number of hydrogen-bond donors (Lipinski definition) is 0. The molecule has 2 aliphatic carbocycles. The van der Waals surface area contributed by atoms with Gasteiger partial charge in [-0.15, -0.1) is 11.6 Å². The van der Waals surface area contributed by atoms with Crippen molar-refractivity contribution >= 4 is 11.6 Å². The lowest BCUT2D eigenvalue weighted by Crippen LogP contribution is -1.89. The molecule has 0 bridgehead atoms. The summed E-state index contributed by atoms with van der Waals surface area (Å²) in [6.07, 6.45) is 6.23. The lowest BCUT2D eigenvalue weighted by molar-refractivity contribution is 0.876. The molecule has 68 valence electrons. The SMILES string of the molecule is ClC1CCc2cc3c(cc21)CCC3. The lowest BCUT2D eigenvalue weighted by Gasteiger charge is -2.06. The summed E-state index contributed by atoms with van der Waals surface area (Å²) in [5, 5.41) is 0.292. The first kappa shape index (κ1) is 7.87. The van der Waals surface area contributed by atoms with Crippen molar-refractivity contribution in [3.8, 4) is 0 Å². The zero-order valence-electron chi connectivity index (χ0n) is 7.65. The van der Waals surface area contributed by atoms with Crippen LogP contribution in [0.4, 0.5) is 0 Å². The minimum absolute atomic E-state index is 0.292. The fourth-order valence-corrected chi connectivity index (χ4v) is 2.95. The first-order valence-electron chi connectivity index (χ1n) is 5.13. The molecular weight excluding hydrogens is 180 g/mol. The third kappa shape index (κ3) is 1.12. The highest BCUT2D eigenvalue weighted by Crippen LogP contribution is 2.39. The van der Waals surface area contributed by atoms with E-state index in [0.717, 1.165) is 6.42 Å². The molecule has 0 nitrogen and oxygen atoms in total. The molecule has 3 rings (SSSR count). The van der Waals surface area contributed by atoms with Crippen LogP contribution in [0.15, 0.2) is 12.1 Å². The highest BCUT2D eigenvalue weighted by Gasteiger charge is 2.23. The Balaban J connectivity index is 2.16. The van der Waals surface area contributed by atoms with E-state index >= 15 is 0 Å². The lowest BCUT2D eigenvalue weighted by atomic mass is 10.0. The summed E-state index contributed by atoms with van der Waals surface area (Å²) in [4.78, 5) is 0. The van der Waals surface area contributed by atoms with E-state index in [9.17, 15) is 0 Å². The Morgan fingerprint density at radius 2 is 1.77 bits per heavy atom. The molecule has 1 unspecified atom stereocenters. The third-order valence-corrected chi connectivity index (χ3v) is 3.81. The maximum Gasteiger partial charge on any atom is 0.0591 e. The molecule has 0 aliphatic heterocycles. The maximum atomic E-state index is 6.24. The van der Waals surface area contributed by atoms with Crippen molar-refractivity contribution in [1.29, 1.82) is 0 Å². The Hall–Kier alpha value is -0.490. The Labute approximate surface area is 83.9 Å². The van der Waals surface area contributed by atoms with Crippen LogP contribution >= 0.6 is 11.6 Å². The molecule has 2 aliphatic rings. The van der Waals surface area contributed by atoms with Gasteiger partial charge in [-0.3, -0.25) is 0 Å². The summed E-state index contributed by atoms with van der Waals surface area (Å²) < 4.78 is 0. The predicted octanol–water partition coefficient (Wildman–Crippen LogP) is 3.40. The molecule has 0 amide bonds. The van der Waals surface area contributed by atoms with Crippen LogP contribution < -0.4 is 0 Å². The van der Waals surface area contributed by atoms with Crippen molar-refractivity contribution < 1.29 is 0 Å². The van der Waals surface area contributed by atoms with Gasteiger partial charge in [0.25, 0.3) is 0 Å². The molecule has 1 heteroatoms. The van der Waals surface area contributed by atoms with Crippen LogP contribution in [0, 0.1) is 0 Å². The van der Waals surface area contributed by atoms with E-state index in [-0.39, 0.29) is 0 Å². The zero-order chi connectivity index (χ0) is 8.84. The summed E-state index contributed by atoms with van der Waals surface area (Å²) in [5.41, 5.74) is 6.08. The fraction of sp³-hybridized carbons (Fsp3) is 0.500. The Morgan fingerprint density at radius 3 is 2.62 bits per heavy atom. The van der Waals surface area contributed by atoms with E-state index in [1.165, 1.54) is 36.8 Å². The number of halogens is 1. The van der Waals surface area contributed by atoms with Crippen molar-refractivity contribution in [3.63, 3.8) is 0 Å². The van der Waals surface area contributed by atoms with Gasteiger partial charge in [-0.2, -0.15) is 0 Å². The molecule has 0 spiro atoms. The Kier molecular flexibility index (Phi) is 1.66. The molecule has 1 aromatic carbocycles. The van der Waals surface area contributed by atoms with Crippen molar-refractivity contribution in [1.82, 2.24) is 0 Å². The van der Waals surface area contributed by atoms with Crippen LogP contribution in [0.5, 0.6) is 0 Å². The van der Waals surface area contributed by atoms with Crippen LogP contribution in [0.1, 0.15) is 40.5 Å². The third-order valence-electron chi connectivity index (χ3n) is 3.36. The van der Waals surface area contributed by atoms with E-state index in [4.69, 9.17) is 11.6 Å². The predicted molar refractivity (Wildman–Crippen MR) is 55.4 cm³/mol. The second kappa shape index (κ2) is 2.75. The van der Waals surface area contributed by atoms with Gasteiger partial charge in [0.15, 0.2) is 0 Å². The highest BCUT2D eigenvalue weighted by atomic mass is 35.5. The van der Waals surface area contributed by atoms with Crippen molar-refractivity contribution in [3.05, 3.63) is 34.4 Å². The van der Waals surface area contributed by atoms with Gasteiger partial charge < -0.3 is 0 Å². The fourth-order valence-electron chi connectivity index (χ4n) is 2.64. The minimum Gasteiger partial charge on any atom is -0.118 e. The molecular formula is C12H13Cl. The first-order valence-corrected chi connectivity index (χ1v) is 5.57. The number of aryl methyl sites for hydroxylation is 3. The Bertz CT molecular complexity index is 354. The van der Waals surface area contributed by atoms with Gasteiger partial charge >= 0.3 is 0 Å². The van der Waals surface area contributed by atoms with E-state index < -0.39 is 0 Å². The highest BCUT2D eigenvalue weighted by molar-refractivity contribution is 6.21. The van der Waals surface area contributed by atoms with Crippen molar-refractivity contribution in [2.45, 2.75) is 37.5 Å². The van der Waals surface area contributed by atoms with Gasteiger partial charge in [-0.05, 0) is 54.4 Å². The summed E-state index contributed by atoms with van der Waals surface area (Å²) >= 11 is 6.24. The van der Waals surface area contributed by atoms with E-state index in [2.05, 4.69) is 12.1 Å². The second-order valence-corrected chi connectivity index (χ2v) is 4.71. The zero-order valence-corrected chi connectivity index (χ0v) is 8.40.